The first-order valence-electron chi connectivity index (χ1n) is 10.4. The fraction of sp³-hybridized carbons (Fsp3) is 0.115. The van der Waals surface area contributed by atoms with Gasteiger partial charge >= 0.3 is 5.97 Å². The van der Waals surface area contributed by atoms with E-state index in [9.17, 15) is 19.5 Å². The monoisotopic (exact) mass is 494 g/mol. The number of benzene rings is 3. The quantitative estimate of drug-likeness (QED) is 0.397. The van der Waals surface area contributed by atoms with Crippen LogP contribution in [0.2, 0.25) is 10.0 Å². The van der Waals surface area contributed by atoms with Gasteiger partial charge in [-0.05, 0) is 40.8 Å². The Morgan fingerprint density at radius 2 is 1.62 bits per heavy atom. The zero-order chi connectivity index (χ0) is 24.4. The van der Waals surface area contributed by atoms with Crippen LogP contribution in [0.4, 0.5) is 0 Å². The molecule has 0 radical (unpaired) electrons. The lowest BCUT2D eigenvalue weighted by Gasteiger charge is -2.16. The average Bonchev–Trinajstić information content (AvgIpc) is 2.81. The van der Waals surface area contributed by atoms with Gasteiger partial charge in [-0.3, -0.25) is 9.59 Å². The van der Waals surface area contributed by atoms with Gasteiger partial charge in [0.15, 0.2) is 0 Å². The van der Waals surface area contributed by atoms with Crippen LogP contribution < -0.4 is 10.9 Å². The molecule has 0 saturated heterocycles. The summed E-state index contributed by atoms with van der Waals surface area (Å²) >= 11 is 12.1. The Morgan fingerprint density at radius 3 is 2.26 bits per heavy atom. The number of amides is 1. The van der Waals surface area contributed by atoms with Crippen LogP contribution in [0, 0.1) is 0 Å². The molecule has 6 nitrogen and oxygen atoms in total. The van der Waals surface area contributed by atoms with E-state index in [0.717, 1.165) is 10.9 Å². The maximum Gasteiger partial charge on any atom is 0.326 e. The Labute approximate surface area is 205 Å². The van der Waals surface area contributed by atoms with Crippen molar-refractivity contribution in [2.45, 2.75) is 12.5 Å². The van der Waals surface area contributed by atoms with Gasteiger partial charge in [-0.25, -0.2) is 4.79 Å². The molecule has 172 valence electrons. The number of rotatable bonds is 6. The predicted molar refractivity (Wildman–Crippen MR) is 134 cm³/mol. The van der Waals surface area contributed by atoms with Crippen molar-refractivity contribution in [2.24, 2.45) is 7.05 Å². The van der Waals surface area contributed by atoms with Crippen LogP contribution in [0.3, 0.4) is 0 Å². The third-order valence-electron chi connectivity index (χ3n) is 5.63. The van der Waals surface area contributed by atoms with E-state index >= 15 is 0 Å². The van der Waals surface area contributed by atoms with E-state index in [-0.39, 0.29) is 27.6 Å². The second-order valence-electron chi connectivity index (χ2n) is 7.84. The first kappa shape index (κ1) is 23.5. The highest BCUT2D eigenvalue weighted by Crippen LogP contribution is 2.25. The number of hydrogen-bond acceptors (Lipinski definition) is 3. The molecule has 34 heavy (non-hydrogen) atoms. The summed E-state index contributed by atoms with van der Waals surface area (Å²) in [4.78, 5) is 37.3. The summed E-state index contributed by atoms with van der Waals surface area (Å²) in [5, 5.41) is 13.3. The van der Waals surface area contributed by atoms with Crippen LogP contribution in [0.15, 0.2) is 77.6 Å². The van der Waals surface area contributed by atoms with Crippen molar-refractivity contribution in [3.8, 4) is 11.1 Å². The molecule has 0 spiro atoms. The zero-order valence-electron chi connectivity index (χ0n) is 18.1. The topological polar surface area (TPSA) is 88.4 Å². The number of fused-ring (bicyclic) bond motifs is 1. The molecule has 4 aromatic rings. The van der Waals surface area contributed by atoms with E-state index in [1.54, 1.807) is 41.9 Å². The molecule has 1 amide bonds. The van der Waals surface area contributed by atoms with Crippen LogP contribution in [-0.2, 0) is 18.3 Å². The number of aryl methyl sites for hydroxylation is 1. The Hall–Kier alpha value is -3.61. The Morgan fingerprint density at radius 1 is 0.971 bits per heavy atom. The fourth-order valence-corrected chi connectivity index (χ4v) is 4.40. The number of para-hydroxylation sites is 1. The summed E-state index contributed by atoms with van der Waals surface area (Å²) in [7, 11) is 1.73. The van der Waals surface area contributed by atoms with Crippen LogP contribution in [0.5, 0.6) is 0 Å². The highest BCUT2D eigenvalue weighted by Gasteiger charge is 2.24. The minimum Gasteiger partial charge on any atom is -0.480 e. The number of carbonyl (C=O) groups is 2. The lowest BCUT2D eigenvalue weighted by molar-refractivity contribution is -0.139. The van der Waals surface area contributed by atoms with Crippen molar-refractivity contribution >= 4 is 46.0 Å². The number of nitrogens with one attached hydrogen (secondary N) is 1. The SMILES string of the molecule is Cn1c(=O)c(-c2ccc(C[C@H](NC(=O)c3c(Cl)cccc3Cl)C(=O)O)cc2)cc2ccccc21. The molecule has 3 aromatic carbocycles. The number of pyridine rings is 1. The first-order chi connectivity index (χ1) is 16.3. The summed E-state index contributed by atoms with van der Waals surface area (Å²) in [6.45, 7) is 0. The molecule has 0 aliphatic heterocycles. The van der Waals surface area contributed by atoms with Crippen LogP contribution in [0.1, 0.15) is 15.9 Å². The van der Waals surface area contributed by atoms with E-state index in [2.05, 4.69) is 5.32 Å². The third-order valence-corrected chi connectivity index (χ3v) is 6.26. The largest absolute Gasteiger partial charge is 0.480 e. The first-order valence-corrected chi connectivity index (χ1v) is 11.2. The third kappa shape index (κ3) is 4.69. The summed E-state index contributed by atoms with van der Waals surface area (Å²) in [6.07, 6.45) is 0.0408. The van der Waals surface area contributed by atoms with Crippen molar-refractivity contribution < 1.29 is 14.7 Å². The van der Waals surface area contributed by atoms with E-state index in [0.29, 0.717) is 16.7 Å². The summed E-state index contributed by atoms with van der Waals surface area (Å²) in [6, 6.07) is 19.9. The highest BCUT2D eigenvalue weighted by molar-refractivity contribution is 6.39. The van der Waals surface area contributed by atoms with Gasteiger partial charge in [0, 0.05) is 19.0 Å². The molecule has 4 rings (SSSR count). The van der Waals surface area contributed by atoms with Crippen molar-refractivity contribution in [3.05, 3.63) is 104 Å². The number of carboxylic acids is 1. The van der Waals surface area contributed by atoms with E-state index in [1.807, 2.05) is 30.3 Å². The van der Waals surface area contributed by atoms with Gasteiger partial charge < -0.3 is 15.0 Å². The Balaban J connectivity index is 1.57. The highest BCUT2D eigenvalue weighted by atomic mass is 35.5. The van der Waals surface area contributed by atoms with Crippen molar-refractivity contribution in [1.29, 1.82) is 0 Å². The number of hydrogen-bond donors (Lipinski definition) is 2. The molecule has 0 fully saturated rings. The second-order valence-corrected chi connectivity index (χ2v) is 8.66. The summed E-state index contributed by atoms with van der Waals surface area (Å²) in [5.41, 5.74) is 2.68. The molecule has 1 atom stereocenters. The van der Waals surface area contributed by atoms with Crippen LogP contribution >= 0.6 is 23.2 Å². The Kier molecular flexibility index (Phi) is 6.72. The van der Waals surface area contributed by atoms with Crippen molar-refractivity contribution in [3.63, 3.8) is 0 Å². The number of halogens is 2. The fourth-order valence-electron chi connectivity index (χ4n) is 3.83. The summed E-state index contributed by atoms with van der Waals surface area (Å²) < 4.78 is 1.61. The van der Waals surface area contributed by atoms with E-state index in [4.69, 9.17) is 23.2 Å². The van der Waals surface area contributed by atoms with Gasteiger partial charge in [0.2, 0.25) is 0 Å². The van der Waals surface area contributed by atoms with Crippen LogP contribution in [-0.4, -0.2) is 27.6 Å². The average molecular weight is 495 g/mol. The van der Waals surface area contributed by atoms with Gasteiger partial charge in [-0.15, -0.1) is 0 Å². The molecule has 1 aromatic heterocycles. The molecular formula is C26H20Cl2N2O4. The molecule has 8 heteroatoms. The molecule has 0 saturated carbocycles. The van der Waals surface area contributed by atoms with Gasteiger partial charge in [-0.1, -0.05) is 71.7 Å². The number of nitrogens with zero attached hydrogens (tertiary/aromatic N) is 1. The maximum absolute atomic E-state index is 12.9. The number of aromatic nitrogens is 1. The summed E-state index contributed by atoms with van der Waals surface area (Å²) in [5.74, 6) is -1.86. The minimum atomic E-state index is -1.20. The molecule has 0 unspecified atom stereocenters. The predicted octanol–water partition coefficient (Wildman–Crippen LogP) is 4.94. The molecular weight excluding hydrogens is 475 g/mol. The normalized spacial score (nSPS) is 11.9. The van der Waals surface area contributed by atoms with Crippen molar-refractivity contribution in [1.82, 2.24) is 9.88 Å². The van der Waals surface area contributed by atoms with Gasteiger partial charge in [-0.2, -0.15) is 0 Å². The molecule has 2 N–H and O–H groups in total. The lowest BCUT2D eigenvalue weighted by Crippen LogP contribution is -2.42. The van der Waals surface area contributed by atoms with E-state index in [1.165, 1.54) is 12.1 Å². The maximum atomic E-state index is 12.9. The molecule has 0 aliphatic rings. The van der Waals surface area contributed by atoms with Crippen LogP contribution in [0.25, 0.3) is 22.0 Å². The van der Waals surface area contributed by atoms with Gasteiger partial charge in [0.05, 0.1) is 21.1 Å². The van der Waals surface area contributed by atoms with Gasteiger partial charge in [0.1, 0.15) is 6.04 Å². The van der Waals surface area contributed by atoms with Crippen molar-refractivity contribution in [2.75, 3.05) is 0 Å². The van der Waals surface area contributed by atoms with Gasteiger partial charge in [0.25, 0.3) is 11.5 Å². The lowest BCUT2D eigenvalue weighted by atomic mass is 10.00. The molecule has 1 heterocycles. The second kappa shape index (κ2) is 9.71. The zero-order valence-corrected chi connectivity index (χ0v) is 19.6. The smallest absolute Gasteiger partial charge is 0.326 e. The number of aliphatic carboxylic acids is 1. The molecule has 0 aliphatic carbocycles. The minimum absolute atomic E-state index is 0.0274. The number of carbonyl (C=O) groups excluding carboxylic acids is 1. The number of carboxylic acid groups (broad SMARTS) is 1. The molecule has 0 bridgehead atoms. The Bertz CT molecular complexity index is 1440. The standard InChI is InChI=1S/C26H20Cl2N2O4/c1-30-22-8-3-2-5-17(22)14-18(25(30)32)16-11-9-15(10-12-16)13-21(26(33)34)29-24(31)23-19(27)6-4-7-20(23)28/h2-12,14,21H,13H2,1H3,(H,29,31)(H,33,34)/t21-/m0/s1. The van der Waals surface area contributed by atoms with E-state index < -0.39 is 17.9 Å².